The first-order chi connectivity index (χ1) is 25.2. The molecule has 8 atom stereocenters. The van der Waals surface area contributed by atoms with Crippen LogP contribution in [0.25, 0.3) is 0 Å². The molecular weight excluding hydrogens is 682 g/mol. The van der Waals surface area contributed by atoms with Crippen molar-refractivity contribution in [2.45, 2.75) is 62.1 Å². The first-order valence-corrected chi connectivity index (χ1v) is 18.1. The fourth-order valence-electron chi connectivity index (χ4n) is 8.22. The number of cyclic esters (lactones) is 1. The summed E-state index contributed by atoms with van der Waals surface area (Å²) in [4.78, 5) is 62.7. The Labute approximate surface area is 308 Å². The molecule has 1 spiro atoms. The van der Waals surface area contributed by atoms with Crippen molar-refractivity contribution in [3.05, 3.63) is 125 Å². The van der Waals surface area contributed by atoms with Crippen molar-refractivity contribution in [1.82, 2.24) is 9.80 Å². The standard InChI is InChI=1S/C41H42ClN3O7/c1-26-36(28-16-8-4-9-17-28)51-40(50)34-32-21-22-41(52-32)35(34)38(48)45(29(25-46)24-27-14-6-3-7-15-27)37(41)39(49)44(31-19-12-11-18-30(31)42)23-13-5-10-20-33(47)43(26)2/h3-9,11-19,21-22,26,29,32,34-37,46H,10,20,23-25H2,1-2H3/b13-5-/t26-,29+,32+,34-,35-,36+,37+,41-/m0/s1. The lowest BCUT2D eigenvalue weighted by molar-refractivity contribution is -0.164. The molecule has 2 fully saturated rings. The molecule has 0 aromatic heterocycles. The van der Waals surface area contributed by atoms with E-state index in [1.807, 2.05) is 79.7 Å². The van der Waals surface area contributed by atoms with Crippen molar-refractivity contribution >= 4 is 41.0 Å². The molecule has 270 valence electrons. The third-order valence-electron chi connectivity index (χ3n) is 10.9. The Morgan fingerprint density at radius 1 is 0.923 bits per heavy atom. The Bertz CT molecular complexity index is 1890. The number of esters is 1. The number of allylic oxidation sites excluding steroid dienone is 1. The van der Waals surface area contributed by atoms with E-state index in [1.54, 1.807) is 48.4 Å². The van der Waals surface area contributed by atoms with E-state index in [2.05, 4.69) is 0 Å². The molecule has 7 rings (SSSR count). The number of fused-ring (bicyclic) bond motifs is 2. The normalized spacial score (nSPS) is 30.4. The number of hydrogen-bond donors (Lipinski definition) is 1. The Morgan fingerprint density at radius 3 is 2.33 bits per heavy atom. The summed E-state index contributed by atoms with van der Waals surface area (Å²) in [6.07, 6.45) is 6.30. The van der Waals surface area contributed by atoms with Gasteiger partial charge in [-0.1, -0.05) is 109 Å². The van der Waals surface area contributed by atoms with Gasteiger partial charge in [-0.15, -0.1) is 0 Å². The van der Waals surface area contributed by atoms with Gasteiger partial charge >= 0.3 is 5.97 Å². The monoisotopic (exact) mass is 723 g/mol. The number of para-hydroxylation sites is 1. The van der Waals surface area contributed by atoms with Gasteiger partial charge < -0.3 is 29.3 Å². The molecule has 4 heterocycles. The van der Waals surface area contributed by atoms with Crippen molar-refractivity contribution < 1.29 is 33.8 Å². The number of carbonyl (C=O) groups excluding carboxylic acids is 4. The van der Waals surface area contributed by atoms with E-state index in [-0.39, 0.29) is 25.3 Å². The molecule has 3 aromatic carbocycles. The second-order valence-corrected chi connectivity index (χ2v) is 14.3. The lowest BCUT2D eigenvalue weighted by atomic mass is 9.74. The van der Waals surface area contributed by atoms with Gasteiger partial charge in [0.2, 0.25) is 11.8 Å². The van der Waals surface area contributed by atoms with Gasteiger partial charge in [0.15, 0.2) is 0 Å². The van der Waals surface area contributed by atoms with Crippen molar-refractivity contribution in [2.24, 2.45) is 11.8 Å². The van der Waals surface area contributed by atoms with Crippen LogP contribution in [0.1, 0.15) is 37.0 Å². The highest BCUT2D eigenvalue weighted by molar-refractivity contribution is 6.34. The number of anilines is 1. The molecule has 3 amide bonds. The maximum atomic E-state index is 15.2. The first-order valence-electron chi connectivity index (χ1n) is 17.7. The summed E-state index contributed by atoms with van der Waals surface area (Å²) < 4.78 is 13.0. The quantitative estimate of drug-likeness (QED) is 0.284. The van der Waals surface area contributed by atoms with Crippen LogP contribution in [0.4, 0.5) is 5.69 Å². The topological polar surface area (TPSA) is 117 Å². The Morgan fingerprint density at radius 2 is 1.62 bits per heavy atom. The number of likely N-dealkylation sites (N-methyl/N-ethyl adjacent to an activating group) is 1. The Kier molecular flexibility index (Phi) is 10.1. The molecule has 0 radical (unpaired) electrons. The van der Waals surface area contributed by atoms with Gasteiger partial charge in [0.1, 0.15) is 23.7 Å². The number of ether oxygens (including phenoxy) is 2. The molecule has 52 heavy (non-hydrogen) atoms. The molecular formula is C41H42ClN3O7. The molecule has 5 bridgehead atoms. The summed E-state index contributed by atoms with van der Waals surface area (Å²) in [6, 6.07) is 23.0. The number of hydrogen-bond acceptors (Lipinski definition) is 7. The van der Waals surface area contributed by atoms with E-state index < -0.39 is 72.2 Å². The summed E-state index contributed by atoms with van der Waals surface area (Å²) in [5, 5.41) is 11.2. The molecule has 4 aliphatic heterocycles. The molecule has 0 unspecified atom stereocenters. The fourth-order valence-corrected chi connectivity index (χ4v) is 8.45. The lowest BCUT2D eigenvalue weighted by Crippen LogP contribution is -2.59. The summed E-state index contributed by atoms with van der Waals surface area (Å²) in [7, 11) is 1.69. The van der Waals surface area contributed by atoms with Crippen LogP contribution in [0.2, 0.25) is 5.02 Å². The zero-order valence-electron chi connectivity index (χ0n) is 29.1. The molecule has 3 aromatic rings. The number of likely N-dealkylation sites (tertiary alicyclic amines) is 1. The van der Waals surface area contributed by atoms with Crippen LogP contribution in [-0.2, 0) is 35.1 Å². The second kappa shape index (κ2) is 14.7. The number of halogens is 1. The summed E-state index contributed by atoms with van der Waals surface area (Å²) >= 11 is 6.71. The van der Waals surface area contributed by atoms with Gasteiger partial charge in [-0.25, -0.2) is 0 Å². The predicted molar refractivity (Wildman–Crippen MR) is 195 cm³/mol. The maximum Gasteiger partial charge on any atom is 0.313 e. The van der Waals surface area contributed by atoms with Crippen molar-refractivity contribution in [2.75, 3.05) is 25.1 Å². The smallest absolute Gasteiger partial charge is 0.313 e. The number of benzene rings is 3. The molecule has 2 saturated heterocycles. The van der Waals surface area contributed by atoms with Gasteiger partial charge in [0.05, 0.1) is 41.4 Å². The summed E-state index contributed by atoms with van der Waals surface area (Å²) in [6.45, 7) is 1.48. The highest BCUT2D eigenvalue weighted by Gasteiger charge is 2.74. The van der Waals surface area contributed by atoms with Crippen molar-refractivity contribution in [3.63, 3.8) is 0 Å². The zero-order chi connectivity index (χ0) is 36.6. The fraction of sp³-hybridized carbons (Fsp3) is 0.366. The minimum absolute atomic E-state index is 0.0828. The number of nitrogens with zero attached hydrogens (tertiary/aromatic N) is 3. The van der Waals surface area contributed by atoms with Gasteiger partial charge in [-0.05, 0) is 43.0 Å². The number of aliphatic hydroxyl groups is 1. The Hall–Kier alpha value is -4.77. The first kappa shape index (κ1) is 35.6. The van der Waals surface area contributed by atoms with E-state index in [0.29, 0.717) is 22.7 Å². The molecule has 10 nitrogen and oxygen atoms in total. The van der Waals surface area contributed by atoms with E-state index in [0.717, 1.165) is 5.56 Å². The minimum atomic E-state index is -1.52. The van der Waals surface area contributed by atoms with Crippen LogP contribution in [0.3, 0.4) is 0 Å². The number of rotatable bonds is 6. The van der Waals surface area contributed by atoms with Crippen LogP contribution in [0.15, 0.2) is 109 Å². The van der Waals surface area contributed by atoms with Gasteiger partial charge in [0.25, 0.3) is 5.91 Å². The summed E-state index contributed by atoms with van der Waals surface area (Å²) in [5.74, 6) is -3.95. The lowest BCUT2D eigenvalue weighted by Gasteiger charge is -2.39. The van der Waals surface area contributed by atoms with E-state index >= 15 is 4.79 Å². The number of aliphatic hydroxyl groups excluding tert-OH is 1. The van der Waals surface area contributed by atoms with Gasteiger partial charge in [-0.2, -0.15) is 0 Å². The average Bonchev–Trinajstić information content (AvgIpc) is 3.81. The van der Waals surface area contributed by atoms with E-state index in [1.165, 1.54) is 9.80 Å². The van der Waals surface area contributed by atoms with Gasteiger partial charge in [0, 0.05) is 20.0 Å². The molecule has 0 aliphatic carbocycles. The van der Waals surface area contributed by atoms with Gasteiger partial charge in [-0.3, -0.25) is 19.2 Å². The molecule has 4 aliphatic rings. The predicted octanol–water partition coefficient (Wildman–Crippen LogP) is 4.91. The SMILES string of the molecule is C[C@H]1[C@H](c2ccccc2)OC(=O)[C@@H]2[C@H]3C(=O)N([C@@H](CO)Cc4ccccc4)[C@H](C(=O)N(c4ccccc4Cl)C/C=C\CCC(=O)N1C)[C@]31C=C[C@H]2O1. The van der Waals surface area contributed by atoms with Crippen LogP contribution in [0.5, 0.6) is 0 Å². The van der Waals surface area contributed by atoms with Crippen molar-refractivity contribution in [1.29, 1.82) is 0 Å². The van der Waals surface area contributed by atoms with Crippen LogP contribution in [-0.4, -0.2) is 88.6 Å². The zero-order valence-corrected chi connectivity index (χ0v) is 29.8. The van der Waals surface area contributed by atoms with E-state index in [4.69, 9.17) is 21.1 Å². The van der Waals surface area contributed by atoms with Crippen LogP contribution < -0.4 is 4.90 Å². The highest BCUT2D eigenvalue weighted by Crippen LogP contribution is 2.56. The summed E-state index contributed by atoms with van der Waals surface area (Å²) in [5.41, 5.74) is 0.465. The Balaban J connectivity index is 1.36. The second-order valence-electron chi connectivity index (χ2n) is 13.9. The maximum absolute atomic E-state index is 15.2. The van der Waals surface area contributed by atoms with Crippen LogP contribution in [0, 0.1) is 11.8 Å². The third-order valence-corrected chi connectivity index (χ3v) is 11.3. The molecule has 0 saturated carbocycles. The third kappa shape index (κ3) is 6.22. The number of carbonyl (C=O) groups is 4. The molecule has 11 heteroatoms. The molecule has 1 N–H and O–H groups in total. The largest absolute Gasteiger partial charge is 0.455 e. The minimum Gasteiger partial charge on any atom is -0.455 e. The average molecular weight is 724 g/mol. The van der Waals surface area contributed by atoms with Crippen molar-refractivity contribution in [3.8, 4) is 0 Å². The van der Waals surface area contributed by atoms with Crippen LogP contribution >= 0.6 is 11.6 Å². The highest BCUT2D eigenvalue weighted by atomic mass is 35.5. The van der Waals surface area contributed by atoms with E-state index in [9.17, 15) is 19.5 Å². The number of amides is 3.